The van der Waals surface area contributed by atoms with E-state index >= 15 is 0 Å². The van der Waals surface area contributed by atoms with Gasteiger partial charge in [-0.15, -0.1) is 0 Å². The van der Waals surface area contributed by atoms with Gasteiger partial charge in [0.2, 0.25) is 5.91 Å². The van der Waals surface area contributed by atoms with Crippen LogP contribution in [0.1, 0.15) is 50.2 Å². The molecule has 0 bridgehead atoms. The van der Waals surface area contributed by atoms with E-state index in [0.717, 1.165) is 19.4 Å². The zero-order valence-corrected chi connectivity index (χ0v) is 18.5. The third-order valence-corrected chi connectivity index (χ3v) is 6.81. The van der Waals surface area contributed by atoms with Crippen molar-refractivity contribution in [2.24, 2.45) is 4.99 Å². The monoisotopic (exact) mass is 422 g/mol. The number of amides is 1. The van der Waals surface area contributed by atoms with Gasteiger partial charge in [0, 0.05) is 32.6 Å². The maximum Gasteiger partial charge on any atom is 0.222 e. The molecule has 0 spiro atoms. The molecule has 1 saturated heterocycles. The van der Waals surface area contributed by atoms with Gasteiger partial charge in [0.1, 0.15) is 0 Å². The highest BCUT2D eigenvalue weighted by Gasteiger charge is 2.28. The van der Waals surface area contributed by atoms with Crippen molar-refractivity contribution in [3.8, 4) is 0 Å². The minimum Gasteiger partial charge on any atom is -0.356 e. The molecular weight excluding hydrogens is 388 g/mol. The van der Waals surface area contributed by atoms with Gasteiger partial charge in [-0.1, -0.05) is 38.1 Å². The number of benzene rings is 1. The molecule has 1 aliphatic rings. The van der Waals surface area contributed by atoms with E-state index in [1.165, 1.54) is 11.1 Å². The zero-order valence-electron chi connectivity index (χ0n) is 17.7. The lowest BCUT2D eigenvalue weighted by Crippen LogP contribution is -2.41. The number of carbonyl (C=O) groups excluding carboxylic acids is 1. The summed E-state index contributed by atoms with van der Waals surface area (Å²) in [6.07, 6.45) is 2.76. The summed E-state index contributed by atoms with van der Waals surface area (Å²) in [6.45, 7) is 5.63. The Bertz CT molecular complexity index is 789. The molecule has 1 atom stereocenters. The first-order valence-electron chi connectivity index (χ1n) is 10.3. The summed E-state index contributed by atoms with van der Waals surface area (Å²) < 4.78 is 22.9. The Balaban J connectivity index is 1.59. The van der Waals surface area contributed by atoms with Gasteiger partial charge < -0.3 is 16.0 Å². The number of hydrogen-bond acceptors (Lipinski definition) is 4. The Morgan fingerprint density at radius 3 is 2.45 bits per heavy atom. The lowest BCUT2D eigenvalue weighted by atomic mass is 10.0. The van der Waals surface area contributed by atoms with Crippen LogP contribution in [-0.2, 0) is 21.1 Å². The minimum atomic E-state index is -2.98. The van der Waals surface area contributed by atoms with Crippen LogP contribution >= 0.6 is 0 Å². The molecule has 162 valence electrons. The van der Waals surface area contributed by atoms with Crippen LogP contribution in [0.3, 0.4) is 0 Å². The summed E-state index contributed by atoms with van der Waals surface area (Å²) in [5.74, 6) is 1.29. The molecule has 0 aromatic heterocycles. The zero-order chi connectivity index (χ0) is 21.3. The van der Waals surface area contributed by atoms with Crippen LogP contribution in [-0.4, -0.2) is 58.0 Å². The molecule has 3 N–H and O–H groups in total. The van der Waals surface area contributed by atoms with E-state index in [-0.39, 0.29) is 29.9 Å². The topological polar surface area (TPSA) is 99.7 Å². The first-order valence-corrected chi connectivity index (χ1v) is 12.1. The summed E-state index contributed by atoms with van der Waals surface area (Å²) in [4.78, 5) is 16.1. The molecule has 1 aliphatic heterocycles. The number of guanidine groups is 1. The van der Waals surface area contributed by atoms with Crippen molar-refractivity contribution in [1.29, 1.82) is 0 Å². The lowest BCUT2D eigenvalue weighted by molar-refractivity contribution is -0.121. The van der Waals surface area contributed by atoms with E-state index in [1.807, 2.05) is 0 Å². The van der Waals surface area contributed by atoms with Gasteiger partial charge >= 0.3 is 0 Å². The second-order valence-corrected chi connectivity index (χ2v) is 10.1. The highest BCUT2D eigenvalue weighted by Crippen LogP contribution is 2.15. The Morgan fingerprint density at radius 1 is 1.17 bits per heavy atom. The first-order chi connectivity index (χ1) is 13.8. The second-order valence-electron chi connectivity index (χ2n) is 7.84. The van der Waals surface area contributed by atoms with Crippen molar-refractivity contribution >= 4 is 21.7 Å². The maximum atomic E-state index is 12.0. The molecule has 0 aliphatic carbocycles. The van der Waals surface area contributed by atoms with Gasteiger partial charge in [0.25, 0.3) is 0 Å². The van der Waals surface area contributed by atoms with Crippen LogP contribution in [0, 0.1) is 0 Å². The largest absolute Gasteiger partial charge is 0.356 e. The third kappa shape index (κ3) is 8.43. The number of nitrogens with one attached hydrogen (secondary N) is 3. The summed E-state index contributed by atoms with van der Waals surface area (Å²) in [5.41, 5.74) is 2.68. The van der Waals surface area contributed by atoms with Crippen LogP contribution in [0.5, 0.6) is 0 Å². The van der Waals surface area contributed by atoms with E-state index in [9.17, 15) is 13.2 Å². The average molecular weight is 423 g/mol. The van der Waals surface area contributed by atoms with E-state index in [4.69, 9.17) is 0 Å². The van der Waals surface area contributed by atoms with Crippen LogP contribution in [0.15, 0.2) is 29.3 Å². The van der Waals surface area contributed by atoms with E-state index < -0.39 is 9.84 Å². The summed E-state index contributed by atoms with van der Waals surface area (Å²) in [6, 6.07) is 8.52. The van der Waals surface area contributed by atoms with Crippen molar-refractivity contribution in [2.75, 3.05) is 31.6 Å². The predicted octanol–water partition coefficient (Wildman–Crippen LogP) is 1.60. The Morgan fingerprint density at radius 2 is 1.86 bits per heavy atom. The van der Waals surface area contributed by atoms with Crippen molar-refractivity contribution in [2.45, 2.75) is 51.5 Å². The Labute approximate surface area is 174 Å². The SMILES string of the molecule is CN=C(NCCCc1ccc(C(C)C)cc1)NCCC(=O)NC1CCS(=O)(=O)C1. The number of rotatable bonds is 9. The van der Waals surface area contributed by atoms with Crippen LogP contribution in [0.25, 0.3) is 0 Å². The molecule has 0 radical (unpaired) electrons. The highest BCUT2D eigenvalue weighted by atomic mass is 32.2. The summed E-state index contributed by atoms with van der Waals surface area (Å²) in [7, 11) is -1.28. The van der Waals surface area contributed by atoms with Crippen molar-refractivity contribution in [3.05, 3.63) is 35.4 Å². The van der Waals surface area contributed by atoms with Crippen LogP contribution in [0.4, 0.5) is 0 Å². The summed E-state index contributed by atoms with van der Waals surface area (Å²) >= 11 is 0. The smallest absolute Gasteiger partial charge is 0.222 e. The van der Waals surface area contributed by atoms with Crippen molar-refractivity contribution in [3.63, 3.8) is 0 Å². The number of hydrogen-bond donors (Lipinski definition) is 3. The van der Waals surface area contributed by atoms with Crippen LogP contribution < -0.4 is 16.0 Å². The molecule has 1 aromatic carbocycles. The molecule has 29 heavy (non-hydrogen) atoms. The van der Waals surface area contributed by atoms with Gasteiger partial charge in [0.05, 0.1) is 11.5 Å². The van der Waals surface area contributed by atoms with Gasteiger partial charge in [0.15, 0.2) is 15.8 Å². The third-order valence-electron chi connectivity index (χ3n) is 5.05. The van der Waals surface area contributed by atoms with E-state index in [2.05, 4.69) is 59.1 Å². The van der Waals surface area contributed by atoms with E-state index in [1.54, 1.807) is 7.05 Å². The molecule has 1 amide bonds. The first kappa shape index (κ1) is 23.2. The Kier molecular flexibility index (Phi) is 8.95. The van der Waals surface area contributed by atoms with Crippen molar-refractivity contribution < 1.29 is 13.2 Å². The second kappa shape index (κ2) is 11.2. The average Bonchev–Trinajstić information content (AvgIpc) is 3.02. The molecule has 1 heterocycles. The van der Waals surface area contributed by atoms with Crippen LogP contribution in [0.2, 0.25) is 0 Å². The van der Waals surface area contributed by atoms with Gasteiger partial charge in [-0.3, -0.25) is 9.79 Å². The Hall–Kier alpha value is -2.09. The molecule has 7 nitrogen and oxygen atoms in total. The minimum absolute atomic E-state index is 0.0512. The quantitative estimate of drug-likeness (QED) is 0.319. The maximum absolute atomic E-state index is 12.0. The molecular formula is C21H34N4O3S. The fraction of sp³-hybridized carbons (Fsp3) is 0.619. The molecule has 1 aromatic rings. The molecule has 8 heteroatoms. The van der Waals surface area contributed by atoms with Gasteiger partial charge in [-0.2, -0.15) is 0 Å². The molecule has 1 unspecified atom stereocenters. The predicted molar refractivity (Wildman–Crippen MR) is 118 cm³/mol. The summed E-state index contributed by atoms with van der Waals surface area (Å²) in [5, 5.41) is 9.16. The molecule has 1 fully saturated rings. The normalized spacial score (nSPS) is 18.6. The fourth-order valence-corrected chi connectivity index (χ4v) is 4.97. The number of aryl methyl sites for hydroxylation is 1. The number of aliphatic imine (C=N–C) groups is 1. The van der Waals surface area contributed by atoms with Crippen molar-refractivity contribution in [1.82, 2.24) is 16.0 Å². The number of nitrogens with zero attached hydrogens (tertiary/aromatic N) is 1. The molecule has 0 saturated carbocycles. The lowest BCUT2D eigenvalue weighted by Gasteiger charge is -2.13. The van der Waals surface area contributed by atoms with Gasteiger partial charge in [-0.25, -0.2) is 8.42 Å². The number of sulfone groups is 1. The van der Waals surface area contributed by atoms with E-state index in [0.29, 0.717) is 24.8 Å². The van der Waals surface area contributed by atoms with Gasteiger partial charge in [-0.05, 0) is 36.3 Å². The fourth-order valence-electron chi connectivity index (χ4n) is 3.29. The highest BCUT2D eigenvalue weighted by molar-refractivity contribution is 7.91. The number of carbonyl (C=O) groups is 1. The molecule has 2 rings (SSSR count). The standard InChI is InChI=1S/C21H34N4O3S/c1-16(2)18-8-6-17(7-9-18)5-4-12-23-21(22-3)24-13-10-20(26)25-19-11-14-29(27,28)15-19/h6-9,16,19H,4-5,10-15H2,1-3H3,(H,25,26)(H2,22,23,24).